The van der Waals surface area contributed by atoms with E-state index in [1.165, 1.54) is 4.31 Å². The highest BCUT2D eigenvalue weighted by Gasteiger charge is 2.21. The number of hydrogen-bond donors (Lipinski definition) is 1. The molecule has 0 spiro atoms. The van der Waals surface area contributed by atoms with E-state index in [4.69, 9.17) is 9.73 Å². The van der Waals surface area contributed by atoms with E-state index in [0.29, 0.717) is 22.9 Å². The zero-order valence-electron chi connectivity index (χ0n) is 17.5. The van der Waals surface area contributed by atoms with Crippen molar-refractivity contribution in [2.24, 2.45) is 10.9 Å². The van der Waals surface area contributed by atoms with Gasteiger partial charge in [0.1, 0.15) is 0 Å². The van der Waals surface area contributed by atoms with Crippen molar-refractivity contribution in [2.75, 3.05) is 47.4 Å². The highest BCUT2D eigenvalue weighted by Crippen LogP contribution is 2.20. The summed E-state index contributed by atoms with van der Waals surface area (Å²) in [6, 6.07) is 7.06. The molecule has 0 bridgehead atoms. The lowest BCUT2D eigenvalue weighted by Crippen LogP contribution is -2.40. The summed E-state index contributed by atoms with van der Waals surface area (Å²) < 4.78 is 31.8. The van der Waals surface area contributed by atoms with Crippen LogP contribution in [0.2, 0.25) is 0 Å². The van der Waals surface area contributed by atoms with E-state index in [-0.39, 0.29) is 0 Å². The van der Waals surface area contributed by atoms with Gasteiger partial charge in [-0.1, -0.05) is 18.2 Å². The average molecular weight is 411 g/mol. The summed E-state index contributed by atoms with van der Waals surface area (Å²) in [6.07, 6.45) is 3.35. The van der Waals surface area contributed by atoms with Gasteiger partial charge >= 0.3 is 0 Å². The molecule has 158 valence electrons. The molecule has 7 nitrogen and oxygen atoms in total. The minimum Gasteiger partial charge on any atom is -0.381 e. The topological polar surface area (TPSA) is 74.2 Å². The van der Waals surface area contributed by atoms with Crippen LogP contribution in [0.25, 0.3) is 0 Å². The Hall–Kier alpha value is -1.64. The molecule has 28 heavy (non-hydrogen) atoms. The fourth-order valence-corrected chi connectivity index (χ4v) is 4.34. The maximum absolute atomic E-state index is 12.6. The Morgan fingerprint density at radius 1 is 1.21 bits per heavy atom. The van der Waals surface area contributed by atoms with Crippen LogP contribution in [0.4, 0.5) is 0 Å². The molecule has 0 aromatic heterocycles. The second-order valence-electron chi connectivity index (χ2n) is 7.33. The zero-order valence-corrected chi connectivity index (χ0v) is 18.3. The number of aliphatic imine (C=N–C) groups is 1. The molecule has 1 aliphatic heterocycles. The van der Waals surface area contributed by atoms with Crippen molar-refractivity contribution in [1.29, 1.82) is 0 Å². The van der Waals surface area contributed by atoms with E-state index in [0.717, 1.165) is 51.5 Å². The Kier molecular flexibility index (Phi) is 8.72. The quantitative estimate of drug-likeness (QED) is 0.525. The standard InChI is InChI=1S/C20H34N4O3S/c1-5-21-20(24(4)13-10-17-11-14-27-15-12-17)22-16-18-8-6-7-9-19(18)28(25,26)23(2)3/h6-9,17H,5,10-16H2,1-4H3,(H,21,22). The van der Waals surface area contributed by atoms with E-state index in [1.807, 2.05) is 26.1 Å². The van der Waals surface area contributed by atoms with Gasteiger partial charge in [0.05, 0.1) is 11.4 Å². The van der Waals surface area contributed by atoms with Crippen LogP contribution >= 0.6 is 0 Å². The lowest BCUT2D eigenvalue weighted by Gasteiger charge is -2.27. The summed E-state index contributed by atoms with van der Waals surface area (Å²) in [4.78, 5) is 7.14. The first-order chi connectivity index (χ1) is 13.4. The van der Waals surface area contributed by atoms with Crippen LogP contribution in [0.15, 0.2) is 34.2 Å². The summed E-state index contributed by atoms with van der Waals surface area (Å²) >= 11 is 0. The molecule has 1 saturated heterocycles. The molecular formula is C20H34N4O3S. The summed E-state index contributed by atoms with van der Waals surface area (Å²) in [6.45, 7) is 5.74. The van der Waals surface area contributed by atoms with E-state index in [1.54, 1.807) is 26.2 Å². The van der Waals surface area contributed by atoms with E-state index in [9.17, 15) is 8.42 Å². The molecule has 8 heteroatoms. The largest absolute Gasteiger partial charge is 0.381 e. The molecule has 0 amide bonds. The van der Waals surface area contributed by atoms with Gasteiger partial charge in [0.2, 0.25) is 10.0 Å². The maximum Gasteiger partial charge on any atom is 0.242 e. The highest BCUT2D eigenvalue weighted by atomic mass is 32.2. The van der Waals surface area contributed by atoms with Crippen LogP contribution in [-0.2, 0) is 21.3 Å². The van der Waals surface area contributed by atoms with Crippen molar-refractivity contribution in [3.63, 3.8) is 0 Å². The van der Waals surface area contributed by atoms with Crippen molar-refractivity contribution in [3.8, 4) is 0 Å². The predicted octanol–water partition coefficient (Wildman–Crippen LogP) is 2.15. The molecule has 0 atom stereocenters. The van der Waals surface area contributed by atoms with E-state index < -0.39 is 10.0 Å². The third kappa shape index (κ3) is 6.18. The monoisotopic (exact) mass is 410 g/mol. The minimum atomic E-state index is -3.49. The molecule has 1 aliphatic rings. The first kappa shape index (κ1) is 22.6. The lowest BCUT2D eigenvalue weighted by molar-refractivity contribution is 0.0625. The molecule has 1 aromatic rings. The average Bonchev–Trinajstić information content (AvgIpc) is 2.70. The van der Waals surface area contributed by atoms with Gasteiger partial charge in [-0.25, -0.2) is 17.7 Å². The second-order valence-corrected chi connectivity index (χ2v) is 9.45. The first-order valence-electron chi connectivity index (χ1n) is 9.94. The Balaban J connectivity index is 2.10. The van der Waals surface area contributed by atoms with Gasteiger partial charge in [-0.15, -0.1) is 0 Å². The summed E-state index contributed by atoms with van der Waals surface area (Å²) in [5.41, 5.74) is 0.699. The van der Waals surface area contributed by atoms with Crippen LogP contribution in [0, 0.1) is 5.92 Å². The molecule has 1 N–H and O–H groups in total. The zero-order chi connectivity index (χ0) is 20.6. The van der Waals surface area contributed by atoms with Crippen LogP contribution in [0.3, 0.4) is 0 Å². The van der Waals surface area contributed by atoms with Crippen molar-refractivity contribution >= 4 is 16.0 Å². The molecule has 1 heterocycles. The van der Waals surface area contributed by atoms with Gasteiger partial charge in [-0.05, 0) is 43.7 Å². The lowest BCUT2D eigenvalue weighted by atomic mass is 9.96. The number of hydrogen-bond acceptors (Lipinski definition) is 4. The molecule has 2 rings (SSSR count). The molecule has 0 aliphatic carbocycles. The van der Waals surface area contributed by atoms with Crippen molar-refractivity contribution in [1.82, 2.24) is 14.5 Å². The van der Waals surface area contributed by atoms with Crippen molar-refractivity contribution < 1.29 is 13.2 Å². The number of ether oxygens (including phenoxy) is 1. The summed E-state index contributed by atoms with van der Waals surface area (Å²) in [5.74, 6) is 1.50. The minimum absolute atomic E-state index is 0.310. The molecule has 0 saturated carbocycles. The van der Waals surface area contributed by atoms with E-state index in [2.05, 4.69) is 10.2 Å². The van der Waals surface area contributed by atoms with Gasteiger partial charge in [-0.3, -0.25) is 0 Å². The van der Waals surface area contributed by atoms with Gasteiger partial charge in [0.15, 0.2) is 5.96 Å². The molecule has 0 radical (unpaired) electrons. The van der Waals surface area contributed by atoms with Crippen LogP contribution in [0.1, 0.15) is 31.7 Å². The fraction of sp³-hybridized carbons (Fsp3) is 0.650. The Morgan fingerprint density at radius 2 is 1.89 bits per heavy atom. The number of sulfonamides is 1. The summed E-state index contributed by atoms with van der Waals surface area (Å²) in [5, 5.41) is 3.31. The fourth-order valence-electron chi connectivity index (χ4n) is 3.23. The maximum atomic E-state index is 12.6. The predicted molar refractivity (Wildman–Crippen MR) is 113 cm³/mol. The SMILES string of the molecule is CCNC(=NCc1ccccc1S(=O)(=O)N(C)C)N(C)CCC1CCOCC1. The van der Waals surface area contributed by atoms with E-state index >= 15 is 0 Å². The van der Waals surface area contributed by atoms with Crippen molar-refractivity contribution in [3.05, 3.63) is 29.8 Å². The Bertz CT molecular complexity index is 744. The van der Waals surface area contributed by atoms with Crippen LogP contribution < -0.4 is 5.32 Å². The molecule has 1 aromatic carbocycles. The normalized spacial score (nSPS) is 16.4. The third-order valence-electron chi connectivity index (χ3n) is 5.04. The molecule has 1 fully saturated rings. The van der Waals surface area contributed by atoms with Gasteiger partial charge in [0, 0.05) is 47.4 Å². The Morgan fingerprint density at radius 3 is 2.54 bits per heavy atom. The number of guanidine groups is 1. The summed E-state index contributed by atoms with van der Waals surface area (Å²) in [7, 11) is 1.63. The highest BCUT2D eigenvalue weighted by molar-refractivity contribution is 7.89. The molecular weight excluding hydrogens is 376 g/mol. The Labute approximate surface area is 169 Å². The number of rotatable bonds is 8. The van der Waals surface area contributed by atoms with Crippen molar-refractivity contribution in [2.45, 2.75) is 37.6 Å². The molecule has 0 unspecified atom stereocenters. The van der Waals surface area contributed by atoms with Gasteiger partial charge < -0.3 is 15.0 Å². The number of nitrogens with one attached hydrogen (secondary N) is 1. The van der Waals surface area contributed by atoms with Gasteiger partial charge in [-0.2, -0.15) is 0 Å². The first-order valence-corrected chi connectivity index (χ1v) is 11.4. The number of benzene rings is 1. The van der Waals surface area contributed by atoms with Crippen LogP contribution in [-0.4, -0.2) is 71.0 Å². The second kappa shape index (κ2) is 10.8. The smallest absolute Gasteiger partial charge is 0.242 e. The number of nitrogens with zero attached hydrogens (tertiary/aromatic N) is 3. The van der Waals surface area contributed by atoms with Crippen LogP contribution in [0.5, 0.6) is 0 Å². The van der Waals surface area contributed by atoms with Gasteiger partial charge in [0.25, 0.3) is 0 Å². The third-order valence-corrected chi connectivity index (χ3v) is 6.96.